The Bertz CT molecular complexity index is 211. The molecule has 0 N–H and O–H groups in total. The van der Waals surface area contributed by atoms with Crippen LogP contribution in [0.4, 0.5) is 0 Å². The van der Waals surface area contributed by atoms with Crippen molar-refractivity contribution in [1.29, 1.82) is 0 Å². The van der Waals surface area contributed by atoms with Gasteiger partial charge in [0, 0.05) is 5.88 Å². The molecule has 0 spiro atoms. The van der Waals surface area contributed by atoms with E-state index in [4.69, 9.17) is 23.2 Å². The van der Waals surface area contributed by atoms with Gasteiger partial charge in [0.15, 0.2) is 0 Å². The van der Waals surface area contributed by atoms with E-state index in [1.807, 2.05) is 6.08 Å². The first-order valence-corrected chi connectivity index (χ1v) is 8.76. The van der Waals surface area contributed by atoms with Crippen LogP contribution >= 0.6 is 23.2 Å². The van der Waals surface area contributed by atoms with E-state index in [1.165, 1.54) is 51.4 Å². The molecule has 0 saturated carbocycles. The standard InChI is InChI=1S/C17H30Cl2/c1-2-3-4-8-11-14-17(19)15-12-9-6-5-7-10-13-16-18/h2,12,15,17H,1,3-11,13-14,16H2. The molecule has 0 saturated heterocycles. The van der Waals surface area contributed by atoms with Crippen molar-refractivity contribution in [1.82, 2.24) is 0 Å². The minimum Gasteiger partial charge on any atom is -0.127 e. The summed E-state index contributed by atoms with van der Waals surface area (Å²) in [4.78, 5) is 0. The molecule has 0 aliphatic carbocycles. The molecular formula is C17H30Cl2. The lowest BCUT2D eigenvalue weighted by molar-refractivity contribution is 0.636. The first-order valence-electron chi connectivity index (χ1n) is 7.79. The first kappa shape index (κ1) is 19.1. The molecule has 0 radical (unpaired) electrons. The maximum atomic E-state index is 6.25. The molecule has 0 bridgehead atoms. The highest BCUT2D eigenvalue weighted by atomic mass is 35.5. The summed E-state index contributed by atoms with van der Waals surface area (Å²) in [5.41, 5.74) is 0. The predicted octanol–water partition coefficient (Wildman–Crippen LogP) is 6.87. The SMILES string of the molecule is C=CCCCCCC(Cl)C=CCCCCCCCCl. The molecule has 2 heteroatoms. The van der Waals surface area contributed by atoms with Crippen LogP contribution in [0.1, 0.15) is 70.6 Å². The summed E-state index contributed by atoms with van der Waals surface area (Å²) in [7, 11) is 0. The molecule has 1 atom stereocenters. The molecule has 0 rings (SSSR count). The van der Waals surface area contributed by atoms with Gasteiger partial charge in [-0.2, -0.15) is 0 Å². The van der Waals surface area contributed by atoms with Gasteiger partial charge in [-0.25, -0.2) is 0 Å². The zero-order chi connectivity index (χ0) is 14.2. The summed E-state index contributed by atoms with van der Waals surface area (Å²) < 4.78 is 0. The van der Waals surface area contributed by atoms with Gasteiger partial charge in [-0.15, -0.1) is 29.8 Å². The van der Waals surface area contributed by atoms with Gasteiger partial charge in [0.1, 0.15) is 0 Å². The van der Waals surface area contributed by atoms with Crippen LogP contribution in [-0.4, -0.2) is 11.3 Å². The fourth-order valence-electron chi connectivity index (χ4n) is 2.03. The van der Waals surface area contributed by atoms with E-state index in [0.717, 1.165) is 25.1 Å². The van der Waals surface area contributed by atoms with Crippen molar-refractivity contribution in [3.05, 3.63) is 24.8 Å². The summed E-state index contributed by atoms with van der Waals surface area (Å²) in [6.07, 6.45) is 19.9. The fraction of sp³-hybridized carbons (Fsp3) is 0.765. The van der Waals surface area contributed by atoms with Crippen LogP contribution in [0.25, 0.3) is 0 Å². The van der Waals surface area contributed by atoms with E-state index in [-0.39, 0.29) is 5.38 Å². The highest BCUT2D eigenvalue weighted by Gasteiger charge is 1.98. The van der Waals surface area contributed by atoms with Gasteiger partial charge in [0.05, 0.1) is 5.38 Å². The zero-order valence-electron chi connectivity index (χ0n) is 12.3. The maximum Gasteiger partial charge on any atom is 0.0516 e. The van der Waals surface area contributed by atoms with E-state index in [1.54, 1.807) is 0 Å². The molecule has 0 heterocycles. The second-order valence-corrected chi connectivity index (χ2v) is 6.05. The third kappa shape index (κ3) is 16.0. The van der Waals surface area contributed by atoms with Crippen LogP contribution in [0.5, 0.6) is 0 Å². The van der Waals surface area contributed by atoms with E-state index in [0.29, 0.717) is 0 Å². The molecule has 0 aromatic carbocycles. The van der Waals surface area contributed by atoms with E-state index in [2.05, 4.69) is 18.7 Å². The average Bonchev–Trinajstić information content (AvgIpc) is 2.41. The smallest absolute Gasteiger partial charge is 0.0516 e. The average molecular weight is 305 g/mol. The van der Waals surface area contributed by atoms with Crippen LogP contribution in [0.15, 0.2) is 24.8 Å². The lowest BCUT2D eigenvalue weighted by Crippen LogP contribution is -1.93. The maximum absolute atomic E-state index is 6.25. The Balaban J connectivity index is 3.26. The number of rotatable bonds is 14. The van der Waals surface area contributed by atoms with Gasteiger partial charge in [0.2, 0.25) is 0 Å². The Labute approximate surface area is 130 Å². The fourth-order valence-corrected chi connectivity index (χ4v) is 2.48. The van der Waals surface area contributed by atoms with Crippen molar-refractivity contribution in [2.45, 2.75) is 76.0 Å². The van der Waals surface area contributed by atoms with Crippen LogP contribution in [0, 0.1) is 0 Å². The molecule has 112 valence electrons. The summed E-state index contributed by atoms with van der Waals surface area (Å²) >= 11 is 11.9. The summed E-state index contributed by atoms with van der Waals surface area (Å²) in [6, 6.07) is 0. The summed E-state index contributed by atoms with van der Waals surface area (Å²) in [5, 5.41) is 0.222. The molecule has 0 aromatic heterocycles. The number of hydrogen-bond donors (Lipinski definition) is 0. The van der Waals surface area contributed by atoms with E-state index in [9.17, 15) is 0 Å². The van der Waals surface area contributed by atoms with Gasteiger partial charge in [-0.1, -0.05) is 50.3 Å². The topological polar surface area (TPSA) is 0 Å². The van der Waals surface area contributed by atoms with E-state index >= 15 is 0 Å². The molecule has 0 aliphatic rings. The minimum absolute atomic E-state index is 0.222. The largest absolute Gasteiger partial charge is 0.127 e. The van der Waals surface area contributed by atoms with Gasteiger partial charge < -0.3 is 0 Å². The molecule has 0 aromatic rings. The third-order valence-corrected chi connectivity index (χ3v) is 3.87. The molecule has 19 heavy (non-hydrogen) atoms. The van der Waals surface area contributed by atoms with Crippen molar-refractivity contribution < 1.29 is 0 Å². The number of unbranched alkanes of at least 4 members (excludes halogenated alkanes) is 8. The summed E-state index contributed by atoms with van der Waals surface area (Å²) in [5.74, 6) is 0.806. The van der Waals surface area contributed by atoms with Crippen molar-refractivity contribution >= 4 is 23.2 Å². The Kier molecular flexibility index (Phi) is 16.2. The lowest BCUT2D eigenvalue weighted by atomic mass is 10.1. The van der Waals surface area contributed by atoms with Crippen LogP contribution < -0.4 is 0 Å². The second kappa shape index (κ2) is 16.1. The lowest BCUT2D eigenvalue weighted by Gasteiger charge is -2.03. The number of hydrogen-bond acceptors (Lipinski definition) is 0. The molecule has 0 fully saturated rings. The highest BCUT2D eigenvalue weighted by Crippen LogP contribution is 2.13. The summed E-state index contributed by atoms with van der Waals surface area (Å²) in [6.45, 7) is 3.73. The van der Waals surface area contributed by atoms with Gasteiger partial charge in [0.25, 0.3) is 0 Å². The highest BCUT2D eigenvalue weighted by molar-refractivity contribution is 6.21. The van der Waals surface area contributed by atoms with Gasteiger partial charge >= 0.3 is 0 Å². The molecule has 0 amide bonds. The van der Waals surface area contributed by atoms with Crippen LogP contribution in [0.3, 0.4) is 0 Å². The quantitative estimate of drug-likeness (QED) is 0.187. The number of allylic oxidation sites excluding steroid dienone is 3. The van der Waals surface area contributed by atoms with E-state index < -0.39 is 0 Å². The van der Waals surface area contributed by atoms with Gasteiger partial charge in [-0.05, 0) is 38.5 Å². The Hall–Kier alpha value is 0.0600. The third-order valence-electron chi connectivity index (χ3n) is 3.24. The van der Waals surface area contributed by atoms with Crippen molar-refractivity contribution in [3.8, 4) is 0 Å². The number of alkyl halides is 2. The monoisotopic (exact) mass is 304 g/mol. The predicted molar refractivity (Wildman–Crippen MR) is 90.5 cm³/mol. The van der Waals surface area contributed by atoms with Crippen LogP contribution in [-0.2, 0) is 0 Å². The van der Waals surface area contributed by atoms with Crippen LogP contribution in [0.2, 0.25) is 0 Å². The molecule has 0 aliphatic heterocycles. The van der Waals surface area contributed by atoms with Crippen molar-refractivity contribution in [2.24, 2.45) is 0 Å². The normalized spacial score (nSPS) is 12.9. The van der Waals surface area contributed by atoms with Crippen molar-refractivity contribution in [3.63, 3.8) is 0 Å². The minimum atomic E-state index is 0.222. The Morgan fingerprint density at radius 3 is 2.21 bits per heavy atom. The van der Waals surface area contributed by atoms with Crippen molar-refractivity contribution in [2.75, 3.05) is 5.88 Å². The first-order chi connectivity index (χ1) is 9.31. The molecule has 1 unspecified atom stereocenters. The Morgan fingerprint density at radius 2 is 1.47 bits per heavy atom. The number of halogens is 2. The Morgan fingerprint density at radius 1 is 0.842 bits per heavy atom. The second-order valence-electron chi connectivity index (χ2n) is 5.12. The molecular weight excluding hydrogens is 275 g/mol. The zero-order valence-corrected chi connectivity index (χ0v) is 13.8. The van der Waals surface area contributed by atoms with Gasteiger partial charge in [-0.3, -0.25) is 0 Å². The molecule has 0 nitrogen and oxygen atoms in total.